The summed E-state index contributed by atoms with van der Waals surface area (Å²) in [5.74, 6) is -0.500. The maximum Gasteiger partial charge on any atom is 0.350 e. The van der Waals surface area contributed by atoms with Gasteiger partial charge in [0.25, 0.3) is 0 Å². The molecule has 2 heterocycles. The maximum atomic E-state index is 12.1. The second-order valence-electron chi connectivity index (χ2n) is 6.12. The summed E-state index contributed by atoms with van der Waals surface area (Å²) >= 11 is 1.17. The van der Waals surface area contributed by atoms with Gasteiger partial charge in [-0.2, -0.15) is 0 Å². The van der Waals surface area contributed by atoms with Gasteiger partial charge in [-0.3, -0.25) is 4.79 Å². The fourth-order valence-electron chi connectivity index (χ4n) is 2.20. The molecule has 2 N–H and O–H groups in total. The first-order valence-corrected chi connectivity index (χ1v) is 7.75. The number of nitrogens with zero attached hydrogens (tertiary/aromatic N) is 1. The molecule has 1 saturated heterocycles. The lowest BCUT2D eigenvalue weighted by atomic mass is 9.91. The predicted molar refractivity (Wildman–Crippen MR) is 81.8 cm³/mol. The van der Waals surface area contributed by atoms with Crippen LogP contribution in [0.25, 0.3) is 0 Å². The SMILES string of the molecule is COC(=O)c1sc(NC(=O)C2CCNC2)nc1C(C)(C)C. The van der Waals surface area contributed by atoms with Crippen LogP contribution >= 0.6 is 11.3 Å². The normalized spacial score (nSPS) is 18.6. The summed E-state index contributed by atoms with van der Waals surface area (Å²) in [5.41, 5.74) is 0.358. The van der Waals surface area contributed by atoms with Crippen LogP contribution in [-0.4, -0.2) is 37.1 Å². The first-order chi connectivity index (χ1) is 9.82. The number of esters is 1. The van der Waals surface area contributed by atoms with Crippen molar-refractivity contribution < 1.29 is 14.3 Å². The predicted octanol–water partition coefficient (Wildman–Crippen LogP) is 1.78. The van der Waals surface area contributed by atoms with Crippen LogP contribution in [-0.2, 0) is 14.9 Å². The van der Waals surface area contributed by atoms with Gasteiger partial charge in [-0.15, -0.1) is 0 Å². The number of methoxy groups -OCH3 is 1. The van der Waals surface area contributed by atoms with Crippen LogP contribution in [0, 0.1) is 5.92 Å². The minimum Gasteiger partial charge on any atom is -0.465 e. The second-order valence-corrected chi connectivity index (χ2v) is 7.12. The Bertz CT molecular complexity index is 542. The van der Waals surface area contributed by atoms with Crippen molar-refractivity contribution in [3.8, 4) is 0 Å². The highest BCUT2D eigenvalue weighted by Gasteiger charge is 2.29. The van der Waals surface area contributed by atoms with E-state index in [1.807, 2.05) is 20.8 Å². The Morgan fingerprint density at radius 3 is 2.67 bits per heavy atom. The Labute approximate surface area is 128 Å². The number of amides is 1. The van der Waals surface area contributed by atoms with Crippen LogP contribution in [0.5, 0.6) is 0 Å². The largest absolute Gasteiger partial charge is 0.465 e. The summed E-state index contributed by atoms with van der Waals surface area (Å²) in [7, 11) is 1.34. The molecular weight excluding hydrogens is 290 g/mol. The van der Waals surface area contributed by atoms with E-state index in [0.29, 0.717) is 22.2 Å². The standard InChI is InChI=1S/C14H21N3O3S/c1-14(2,3)10-9(12(19)20-4)21-13(16-10)17-11(18)8-5-6-15-7-8/h8,15H,5-7H2,1-4H3,(H,16,17,18). The van der Waals surface area contributed by atoms with Crippen molar-refractivity contribution >= 4 is 28.3 Å². The van der Waals surface area contributed by atoms with Gasteiger partial charge in [0, 0.05) is 12.0 Å². The molecule has 1 aliphatic rings. The Hall–Kier alpha value is -1.47. The summed E-state index contributed by atoms with van der Waals surface area (Å²) < 4.78 is 4.80. The smallest absolute Gasteiger partial charge is 0.350 e. The molecule has 0 aliphatic carbocycles. The molecule has 1 aromatic heterocycles. The van der Waals surface area contributed by atoms with Crippen molar-refractivity contribution in [3.05, 3.63) is 10.6 Å². The summed E-state index contributed by atoms with van der Waals surface area (Å²) in [4.78, 5) is 28.9. The number of carbonyl (C=O) groups is 2. The van der Waals surface area contributed by atoms with Crippen molar-refractivity contribution in [2.45, 2.75) is 32.6 Å². The molecule has 1 aromatic rings. The lowest BCUT2D eigenvalue weighted by Gasteiger charge is -2.16. The molecular formula is C14H21N3O3S. The van der Waals surface area contributed by atoms with Crippen molar-refractivity contribution in [2.24, 2.45) is 5.92 Å². The minimum atomic E-state index is -0.416. The van der Waals surface area contributed by atoms with Gasteiger partial charge in [-0.05, 0) is 13.0 Å². The fraction of sp³-hybridized carbons (Fsp3) is 0.643. The van der Waals surface area contributed by atoms with Gasteiger partial charge in [-0.25, -0.2) is 9.78 Å². The summed E-state index contributed by atoms with van der Waals surface area (Å²) in [5, 5.41) is 6.43. The summed E-state index contributed by atoms with van der Waals surface area (Å²) in [6.45, 7) is 7.47. The highest BCUT2D eigenvalue weighted by atomic mass is 32.1. The lowest BCUT2D eigenvalue weighted by molar-refractivity contribution is -0.119. The van der Waals surface area contributed by atoms with Crippen molar-refractivity contribution in [1.29, 1.82) is 0 Å². The Kier molecular flexibility index (Phi) is 4.63. The van der Waals surface area contributed by atoms with Gasteiger partial charge >= 0.3 is 5.97 Å². The lowest BCUT2D eigenvalue weighted by Crippen LogP contribution is -2.24. The van der Waals surface area contributed by atoms with Crippen LogP contribution in [0.15, 0.2) is 0 Å². The highest BCUT2D eigenvalue weighted by molar-refractivity contribution is 7.17. The molecule has 0 radical (unpaired) electrons. The quantitative estimate of drug-likeness (QED) is 0.832. The van der Waals surface area contributed by atoms with E-state index in [4.69, 9.17) is 4.74 Å². The number of ether oxygens (including phenoxy) is 1. The van der Waals surface area contributed by atoms with Crippen molar-refractivity contribution in [3.63, 3.8) is 0 Å². The highest BCUT2D eigenvalue weighted by Crippen LogP contribution is 2.32. The zero-order valence-electron chi connectivity index (χ0n) is 12.8. The molecule has 6 nitrogen and oxygen atoms in total. The van der Waals surface area contributed by atoms with E-state index in [2.05, 4.69) is 15.6 Å². The molecule has 0 aromatic carbocycles. The van der Waals surface area contributed by atoms with E-state index in [-0.39, 0.29) is 17.2 Å². The van der Waals surface area contributed by atoms with Gasteiger partial charge in [0.05, 0.1) is 18.7 Å². The molecule has 1 atom stereocenters. The second kappa shape index (κ2) is 6.11. The molecule has 1 fully saturated rings. The average Bonchev–Trinajstić information content (AvgIpc) is 3.05. The van der Waals surface area contributed by atoms with Crippen LogP contribution in [0.2, 0.25) is 0 Å². The van der Waals surface area contributed by atoms with Gasteiger partial charge in [0.1, 0.15) is 4.88 Å². The number of rotatable bonds is 3. The van der Waals surface area contributed by atoms with Crippen LogP contribution < -0.4 is 10.6 Å². The molecule has 21 heavy (non-hydrogen) atoms. The van der Waals surface area contributed by atoms with E-state index < -0.39 is 5.97 Å². The maximum absolute atomic E-state index is 12.1. The Morgan fingerprint density at radius 1 is 1.43 bits per heavy atom. The summed E-state index contributed by atoms with van der Waals surface area (Å²) in [6.07, 6.45) is 0.827. The number of aromatic nitrogens is 1. The Balaban J connectivity index is 2.22. The molecule has 0 spiro atoms. The van der Waals surface area contributed by atoms with Gasteiger partial charge in [0.2, 0.25) is 5.91 Å². The first-order valence-electron chi connectivity index (χ1n) is 6.94. The van der Waals surface area contributed by atoms with Crippen molar-refractivity contribution in [1.82, 2.24) is 10.3 Å². The third kappa shape index (κ3) is 3.59. The van der Waals surface area contributed by atoms with E-state index in [1.54, 1.807) is 0 Å². The number of nitrogens with one attached hydrogen (secondary N) is 2. The number of carbonyl (C=O) groups excluding carboxylic acids is 2. The van der Waals surface area contributed by atoms with Crippen molar-refractivity contribution in [2.75, 3.05) is 25.5 Å². The molecule has 0 bridgehead atoms. The van der Waals surface area contributed by atoms with E-state index >= 15 is 0 Å². The zero-order chi connectivity index (χ0) is 15.6. The number of thiazole rings is 1. The fourth-order valence-corrected chi connectivity index (χ4v) is 3.30. The summed E-state index contributed by atoms with van der Waals surface area (Å²) in [6, 6.07) is 0. The molecule has 116 valence electrons. The first kappa shape index (κ1) is 15.9. The van der Waals surface area contributed by atoms with Gasteiger partial charge < -0.3 is 15.4 Å². The van der Waals surface area contributed by atoms with Gasteiger partial charge in [0.15, 0.2) is 5.13 Å². The number of anilines is 1. The van der Waals surface area contributed by atoms with Crippen LogP contribution in [0.4, 0.5) is 5.13 Å². The number of hydrogen-bond acceptors (Lipinski definition) is 6. The minimum absolute atomic E-state index is 0.0337. The number of hydrogen-bond donors (Lipinski definition) is 2. The Morgan fingerprint density at radius 2 is 2.14 bits per heavy atom. The molecule has 2 rings (SSSR count). The molecule has 1 amide bonds. The van der Waals surface area contributed by atoms with E-state index in [1.165, 1.54) is 18.4 Å². The zero-order valence-corrected chi connectivity index (χ0v) is 13.6. The van der Waals surface area contributed by atoms with Crippen LogP contribution in [0.3, 0.4) is 0 Å². The third-order valence-corrected chi connectivity index (χ3v) is 4.32. The van der Waals surface area contributed by atoms with E-state index in [0.717, 1.165) is 13.0 Å². The molecule has 1 unspecified atom stereocenters. The monoisotopic (exact) mass is 311 g/mol. The van der Waals surface area contributed by atoms with Gasteiger partial charge in [-0.1, -0.05) is 32.1 Å². The topological polar surface area (TPSA) is 80.3 Å². The molecule has 7 heteroatoms. The molecule has 0 saturated carbocycles. The average molecular weight is 311 g/mol. The van der Waals surface area contributed by atoms with E-state index in [9.17, 15) is 9.59 Å². The molecule has 1 aliphatic heterocycles. The van der Waals surface area contributed by atoms with Crippen LogP contribution in [0.1, 0.15) is 42.6 Å². The third-order valence-electron chi connectivity index (χ3n) is 3.37.